The van der Waals surface area contributed by atoms with Crippen LogP contribution in [0.3, 0.4) is 0 Å². The van der Waals surface area contributed by atoms with Crippen molar-refractivity contribution >= 4 is 43.1 Å². The number of aromatic nitrogens is 6. The second kappa shape index (κ2) is 17.4. The van der Waals surface area contributed by atoms with Crippen LogP contribution in [0, 0.1) is 0 Å². The van der Waals surface area contributed by atoms with Crippen molar-refractivity contribution in [2.75, 3.05) is 0 Å². The molecule has 6 heteroatoms. The third-order valence-electron chi connectivity index (χ3n) is 14.5. The summed E-state index contributed by atoms with van der Waals surface area (Å²) in [6, 6.07) is 77.2. The zero-order valence-corrected chi connectivity index (χ0v) is 38.5. The zero-order valence-electron chi connectivity index (χ0n) is 38.5. The largest absolute Gasteiger partial charge is 0.208 e. The van der Waals surface area contributed by atoms with Crippen LogP contribution in [0.25, 0.3) is 111 Å². The van der Waals surface area contributed by atoms with Gasteiger partial charge in [-0.25, -0.2) is 29.9 Å². The lowest BCUT2D eigenvalue weighted by Crippen LogP contribution is -2.30. The normalized spacial score (nSPS) is 13.5. The van der Waals surface area contributed by atoms with Gasteiger partial charge in [-0.05, 0) is 67.1 Å². The van der Waals surface area contributed by atoms with E-state index in [4.69, 9.17) is 29.9 Å². The van der Waals surface area contributed by atoms with Crippen molar-refractivity contribution in [2.45, 2.75) is 37.5 Å². The molecule has 0 spiro atoms. The fourth-order valence-corrected chi connectivity index (χ4v) is 10.9. The summed E-state index contributed by atoms with van der Waals surface area (Å²) < 4.78 is 0. The first kappa shape index (κ1) is 41.4. The molecule has 0 unspecified atom stereocenters. The maximum atomic E-state index is 5.23. The van der Waals surface area contributed by atoms with E-state index >= 15 is 0 Å². The maximum absolute atomic E-state index is 5.23. The molecule has 6 nitrogen and oxygen atoms in total. The number of hydrogen-bond donors (Lipinski definition) is 0. The molecular formula is C64H46N6. The van der Waals surface area contributed by atoms with Gasteiger partial charge in [-0.3, -0.25) is 0 Å². The smallest absolute Gasteiger partial charge is 0.164 e. The number of benzene rings is 10. The number of fused-ring (bicyclic) bond motifs is 4. The Morgan fingerprint density at radius 3 is 0.829 bits per heavy atom. The third-order valence-corrected chi connectivity index (χ3v) is 14.5. The molecule has 2 aromatic heterocycles. The van der Waals surface area contributed by atoms with Gasteiger partial charge in [0.15, 0.2) is 34.9 Å². The molecule has 13 rings (SSSR count). The second-order valence-corrected chi connectivity index (χ2v) is 18.5. The van der Waals surface area contributed by atoms with Crippen LogP contribution in [-0.2, 0) is 5.41 Å². The van der Waals surface area contributed by atoms with Gasteiger partial charge in [0.1, 0.15) is 0 Å². The molecule has 10 aromatic carbocycles. The lowest BCUT2D eigenvalue weighted by Gasteiger charge is -2.39. The first-order chi connectivity index (χ1) is 34.6. The average Bonchev–Trinajstić information content (AvgIpc) is 3.44. The Balaban J connectivity index is 0.896. The van der Waals surface area contributed by atoms with Crippen molar-refractivity contribution in [3.05, 3.63) is 230 Å². The van der Waals surface area contributed by atoms with Crippen molar-refractivity contribution in [3.8, 4) is 68.3 Å². The first-order valence-electron chi connectivity index (χ1n) is 24.3. The fourth-order valence-electron chi connectivity index (χ4n) is 10.9. The molecule has 1 saturated carbocycles. The molecule has 0 amide bonds. The van der Waals surface area contributed by atoms with Crippen LogP contribution in [0.4, 0.5) is 0 Å². The summed E-state index contributed by atoms with van der Waals surface area (Å²) in [5.41, 5.74) is 8.29. The molecular weight excluding hydrogens is 853 g/mol. The fraction of sp³-hybridized carbons (Fsp3) is 0.0938. The topological polar surface area (TPSA) is 77.3 Å². The summed E-state index contributed by atoms with van der Waals surface area (Å²) in [7, 11) is 0. The van der Waals surface area contributed by atoms with Crippen LogP contribution < -0.4 is 0 Å². The molecule has 0 atom stereocenters. The molecule has 2 heterocycles. The van der Waals surface area contributed by atoms with Gasteiger partial charge in [-0.15, -0.1) is 0 Å². The van der Waals surface area contributed by atoms with Crippen LogP contribution in [0.15, 0.2) is 218 Å². The highest BCUT2D eigenvalue weighted by Crippen LogP contribution is 2.46. The summed E-state index contributed by atoms with van der Waals surface area (Å²) in [6.45, 7) is 0. The van der Waals surface area contributed by atoms with Crippen molar-refractivity contribution in [1.29, 1.82) is 0 Å². The third kappa shape index (κ3) is 7.36. The van der Waals surface area contributed by atoms with E-state index in [2.05, 4.69) is 218 Å². The van der Waals surface area contributed by atoms with E-state index in [9.17, 15) is 0 Å². The molecule has 0 bridgehead atoms. The van der Waals surface area contributed by atoms with Crippen molar-refractivity contribution < 1.29 is 0 Å². The Morgan fingerprint density at radius 2 is 0.514 bits per heavy atom. The van der Waals surface area contributed by atoms with Gasteiger partial charge in [0.25, 0.3) is 0 Å². The van der Waals surface area contributed by atoms with E-state index in [-0.39, 0.29) is 5.41 Å². The van der Waals surface area contributed by atoms with Crippen LogP contribution >= 0.6 is 0 Å². The summed E-state index contributed by atoms with van der Waals surface area (Å²) in [6.07, 6.45) is 5.69. The minimum atomic E-state index is -0.155. The molecule has 12 aromatic rings. The number of nitrogens with zero attached hydrogens (tertiary/aromatic N) is 6. The van der Waals surface area contributed by atoms with Crippen LogP contribution in [0.5, 0.6) is 0 Å². The first-order valence-corrected chi connectivity index (χ1v) is 24.3. The predicted molar refractivity (Wildman–Crippen MR) is 286 cm³/mol. The Morgan fingerprint density at radius 1 is 0.243 bits per heavy atom. The molecule has 1 fully saturated rings. The summed E-state index contributed by atoms with van der Waals surface area (Å²) in [5.74, 6) is 3.93. The van der Waals surface area contributed by atoms with E-state index in [1.54, 1.807) is 0 Å². The SMILES string of the molecule is c1ccc2c(-c3nc(-c4ccc(C5(c6ccc(-c7nc(-c8cccc9ccccc89)nc(-c8cccc9ccccc89)n7)cc6)CCCCC5)cc4)nc(-c4cccc5ccccc45)n3)cccc2c1. The van der Waals surface area contributed by atoms with Gasteiger partial charge in [0.2, 0.25) is 0 Å². The average molecular weight is 899 g/mol. The van der Waals surface area contributed by atoms with E-state index < -0.39 is 0 Å². The Hall–Kier alpha value is -8.74. The van der Waals surface area contributed by atoms with E-state index in [1.807, 2.05) is 0 Å². The van der Waals surface area contributed by atoms with Gasteiger partial charge < -0.3 is 0 Å². The van der Waals surface area contributed by atoms with Crippen LogP contribution in [0.1, 0.15) is 43.2 Å². The Labute approximate surface area is 406 Å². The summed E-state index contributed by atoms with van der Waals surface area (Å²) >= 11 is 0. The Bertz CT molecular complexity index is 3460. The number of rotatable bonds is 8. The maximum Gasteiger partial charge on any atom is 0.164 e. The van der Waals surface area contributed by atoms with Gasteiger partial charge >= 0.3 is 0 Å². The molecule has 0 saturated heterocycles. The molecule has 0 aliphatic heterocycles. The van der Waals surface area contributed by atoms with Crippen molar-refractivity contribution in [1.82, 2.24) is 29.9 Å². The van der Waals surface area contributed by atoms with Gasteiger partial charge in [0, 0.05) is 38.8 Å². The van der Waals surface area contributed by atoms with Gasteiger partial charge in [-0.1, -0.05) is 238 Å². The zero-order chi connectivity index (χ0) is 46.4. The molecule has 0 N–H and O–H groups in total. The second-order valence-electron chi connectivity index (χ2n) is 18.5. The van der Waals surface area contributed by atoms with E-state index in [1.165, 1.54) is 17.5 Å². The molecule has 1 aliphatic rings. The highest BCUT2D eigenvalue weighted by molar-refractivity contribution is 5.99. The van der Waals surface area contributed by atoms with E-state index in [0.29, 0.717) is 34.9 Å². The van der Waals surface area contributed by atoms with E-state index in [0.717, 1.165) is 102 Å². The quantitative estimate of drug-likeness (QED) is 0.151. The minimum Gasteiger partial charge on any atom is -0.208 e. The Kier molecular flexibility index (Phi) is 10.3. The molecule has 1 aliphatic carbocycles. The standard InChI is InChI=1S/C64H46N6/c1-10-40-64(41-11-1,48-36-32-46(33-37-48)58-65-60(54-28-12-20-42-16-2-6-24-50(42)54)69-61(66-58)55-29-13-21-43-17-3-7-25-51(43)55)49-38-34-47(35-39-49)59-67-62(56-30-14-22-44-18-4-8-26-52(44)56)70-63(68-59)57-31-15-23-45-19-5-9-27-53(45)57/h2-9,12-39H,1,10-11,40-41H2. The number of hydrogen-bond acceptors (Lipinski definition) is 6. The van der Waals surface area contributed by atoms with Crippen LogP contribution in [0.2, 0.25) is 0 Å². The highest BCUT2D eigenvalue weighted by atomic mass is 15.0. The lowest BCUT2D eigenvalue weighted by molar-refractivity contribution is 0.346. The summed E-state index contributed by atoms with van der Waals surface area (Å²) in [5, 5.41) is 9.02. The van der Waals surface area contributed by atoms with Crippen LogP contribution in [-0.4, -0.2) is 29.9 Å². The monoisotopic (exact) mass is 898 g/mol. The molecule has 70 heavy (non-hydrogen) atoms. The van der Waals surface area contributed by atoms with Gasteiger partial charge in [0.05, 0.1) is 0 Å². The molecule has 0 radical (unpaired) electrons. The lowest BCUT2D eigenvalue weighted by atomic mass is 9.65. The van der Waals surface area contributed by atoms with Crippen molar-refractivity contribution in [2.24, 2.45) is 0 Å². The predicted octanol–water partition coefficient (Wildman–Crippen LogP) is 15.9. The molecule has 332 valence electrons. The summed E-state index contributed by atoms with van der Waals surface area (Å²) in [4.78, 5) is 31.3. The minimum absolute atomic E-state index is 0.155. The van der Waals surface area contributed by atoms with Crippen molar-refractivity contribution in [3.63, 3.8) is 0 Å². The highest BCUT2D eigenvalue weighted by Gasteiger charge is 2.36. The van der Waals surface area contributed by atoms with Gasteiger partial charge in [-0.2, -0.15) is 0 Å².